The molecule has 19 heavy (non-hydrogen) atoms. The molecule has 0 heterocycles. The molecule has 1 aromatic rings. The SMILES string of the molecule is O/N=C1/CCCCC1Cl.O=C(O)c1cccc(Cl)c1. The number of hydrogen-bond donors (Lipinski definition) is 2. The molecule has 0 aromatic heterocycles. The Bertz CT molecular complexity index is 463. The minimum absolute atomic E-state index is 0.0104. The summed E-state index contributed by atoms with van der Waals surface area (Å²) in [6.07, 6.45) is 4.10. The number of benzene rings is 1. The molecular formula is C13H15Cl2NO3. The first kappa shape index (κ1) is 15.8. The minimum atomic E-state index is -0.956. The highest BCUT2D eigenvalue weighted by Gasteiger charge is 2.17. The zero-order chi connectivity index (χ0) is 14.3. The minimum Gasteiger partial charge on any atom is -0.478 e. The van der Waals surface area contributed by atoms with Gasteiger partial charge in [0.2, 0.25) is 0 Å². The summed E-state index contributed by atoms with van der Waals surface area (Å²) in [5.74, 6) is -0.956. The van der Waals surface area contributed by atoms with E-state index in [9.17, 15) is 4.79 Å². The molecule has 1 aromatic carbocycles. The van der Waals surface area contributed by atoms with Gasteiger partial charge in [-0.3, -0.25) is 0 Å². The zero-order valence-electron chi connectivity index (χ0n) is 10.2. The van der Waals surface area contributed by atoms with Crippen molar-refractivity contribution in [1.29, 1.82) is 0 Å². The average Bonchev–Trinajstić information content (AvgIpc) is 2.40. The van der Waals surface area contributed by atoms with Crippen LogP contribution in [0, 0.1) is 0 Å². The number of carboxylic acids is 1. The Morgan fingerprint density at radius 1 is 1.37 bits per heavy atom. The van der Waals surface area contributed by atoms with Crippen LogP contribution in [0.4, 0.5) is 0 Å². The molecule has 1 unspecified atom stereocenters. The first-order valence-electron chi connectivity index (χ1n) is 5.88. The van der Waals surface area contributed by atoms with Crippen LogP contribution < -0.4 is 0 Å². The first-order valence-corrected chi connectivity index (χ1v) is 6.69. The van der Waals surface area contributed by atoms with Crippen LogP contribution in [0.2, 0.25) is 5.02 Å². The maximum absolute atomic E-state index is 10.3. The predicted octanol–water partition coefficient (Wildman–Crippen LogP) is 4.04. The number of rotatable bonds is 1. The Kier molecular flexibility index (Phi) is 6.67. The van der Waals surface area contributed by atoms with E-state index in [-0.39, 0.29) is 10.9 Å². The maximum Gasteiger partial charge on any atom is 0.335 e. The van der Waals surface area contributed by atoms with Crippen LogP contribution in [0.25, 0.3) is 0 Å². The highest BCUT2D eigenvalue weighted by atomic mass is 35.5. The fraction of sp³-hybridized carbons (Fsp3) is 0.385. The van der Waals surface area contributed by atoms with Gasteiger partial charge in [0.1, 0.15) is 0 Å². The van der Waals surface area contributed by atoms with E-state index >= 15 is 0 Å². The van der Waals surface area contributed by atoms with Crippen LogP contribution in [-0.2, 0) is 0 Å². The smallest absolute Gasteiger partial charge is 0.335 e. The molecule has 6 heteroatoms. The van der Waals surface area contributed by atoms with Crippen molar-refractivity contribution in [3.05, 3.63) is 34.9 Å². The zero-order valence-corrected chi connectivity index (χ0v) is 11.7. The first-order chi connectivity index (χ1) is 9.04. The number of alkyl halides is 1. The molecule has 2 N–H and O–H groups in total. The van der Waals surface area contributed by atoms with Crippen LogP contribution in [-0.4, -0.2) is 27.4 Å². The van der Waals surface area contributed by atoms with E-state index in [4.69, 9.17) is 33.5 Å². The summed E-state index contributed by atoms with van der Waals surface area (Å²) in [5.41, 5.74) is 0.968. The van der Waals surface area contributed by atoms with Gasteiger partial charge >= 0.3 is 5.97 Å². The van der Waals surface area contributed by atoms with Gasteiger partial charge in [0.15, 0.2) is 0 Å². The summed E-state index contributed by atoms with van der Waals surface area (Å²) in [7, 11) is 0. The molecule has 2 rings (SSSR count). The van der Waals surface area contributed by atoms with E-state index in [2.05, 4.69) is 5.16 Å². The topological polar surface area (TPSA) is 69.9 Å². The van der Waals surface area contributed by atoms with Crippen molar-refractivity contribution in [3.63, 3.8) is 0 Å². The van der Waals surface area contributed by atoms with E-state index in [1.807, 2.05) is 0 Å². The largest absolute Gasteiger partial charge is 0.478 e. The monoisotopic (exact) mass is 303 g/mol. The standard InChI is InChI=1S/C7H5ClO2.C6H10ClNO/c8-6-3-1-2-5(4-6)7(9)10;7-5-3-1-2-4-6(5)8-9/h1-4H,(H,9,10);5,9H,1-4H2/b;8-6-. The molecule has 1 saturated carbocycles. The van der Waals surface area contributed by atoms with E-state index in [1.165, 1.54) is 12.1 Å². The van der Waals surface area contributed by atoms with Crippen molar-refractivity contribution >= 4 is 34.9 Å². The lowest BCUT2D eigenvalue weighted by Crippen LogP contribution is -2.18. The third-order valence-corrected chi connectivity index (χ3v) is 3.41. The summed E-state index contributed by atoms with van der Waals surface area (Å²) in [6.45, 7) is 0. The maximum atomic E-state index is 10.3. The van der Waals surface area contributed by atoms with Gasteiger partial charge in [0, 0.05) is 5.02 Å². The number of halogens is 2. The second-order valence-corrected chi connectivity index (χ2v) is 5.08. The van der Waals surface area contributed by atoms with Gasteiger partial charge < -0.3 is 10.3 Å². The lowest BCUT2D eigenvalue weighted by atomic mass is 9.98. The molecule has 0 spiro atoms. The number of oxime groups is 1. The van der Waals surface area contributed by atoms with Crippen molar-refractivity contribution in [2.24, 2.45) is 5.16 Å². The van der Waals surface area contributed by atoms with E-state index < -0.39 is 5.97 Å². The number of aromatic carboxylic acids is 1. The number of hydrogen-bond acceptors (Lipinski definition) is 3. The summed E-state index contributed by atoms with van der Waals surface area (Å²) < 4.78 is 0. The quantitative estimate of drug-likeness (QED) is 0.467. The van der Waals surface area contributed by atoms with Crippen molar-refractivity contribution < 1.29 is 15.1 Å². The van der Waals surface area contributed by atoms with Crippen LogP contribution >= 0.6 is 23.2 Å². The molecule has 0 aliphatic heterocycles. The number of carboxylic acid groups (broad SMARTS) is 1. The molecule has 4 nitrogen and oxygen atoms in total. The van der Waals surface area contributed by atoms with Gasteiger partial charge in [-0.2, -0.15) is 0 Å². The Morgan fingerprint density at radius 2 is 2.11 bits per heavy atom. The van der Waals surface area contributed by atoms with Gasteiger partial charge in [-0.25, -0.2) is 4.79 Å². The van der Waals surface area contributed by atoms with Gasteiger partial charge in [-0.15, -0.1) is 11.6 Å². The molecule has 0 radical (unpaired) electrons. The summed E-state index contributed by atoms with van der Waals surface area (Å²) in [5, 5.41) is 20.4. The Balaban J connectivity index is 0.000000191. The van der Waals surface area contributed by atoms with E-state index in [0.717, 1.165) is 31.4 Å². The summed E-state index contributed by atoms with van der Waals surface area (Å²) in [4.78, 5) is 10.3. The molecule has 1 atom stereocenters. The van der Waals surface area contributed by atoms with Crippen LogP contribution in [0.15, 0.2) is 29.4 Å². The van der Waals surface area contributed by atoms with Crippen LogP contribution in [0.1, 0.15) is 36.0 Å². The lowest BCUT2D eigenvalue weighted by Gasteiger charge is -2.15. The molecule has 0 saturated heterocycles. The number of carbonyl (C=O) groups is 1. The molecule has 1 aliphatic carbocycles. The van der Waals surface area contributed by atoms with Crippen molar-refractivity contribution in [1.82, 2.24) is 0 Å². The molecule has 0 amide bonds. The third-order valence-electron chi connectivity index (χ3n) is 2.70. The highest BCUT2D eigenvalue weighted by Crippen LogP contribution is 2.19. The molecule has 0 bridgehead atoms. The second kappa shape index (κ2) is 8.02. The Morgan fingerprint density at radius 3 is 2.53 bits per heavy atom. The average molecular weight is 304 g/mol. The number of nitrogens with zero attached hydrogens (tertiary/aromatic N) is 1. The molecule has 1 fully saturated rings. The van der Waals surface area contributed by atoms with Gasteiger partial charge in [-0.1, -0.05) is 29.2 Å². The Labute approximate surface area is 121 Å². The highest BCUT2D eigenvalue weighted by molar-refractivity contribution is 6.32. The van der Waals surface area contributed by atoms with Gasteiger partial charge in [0.05, 0.1) is 16.7 Å². The summed E-state index contributed by atoms with van der Waals surface area (Å²) in [6, 6.07) is 6.14. The fourth-order valence-electron chi connectivity index (χ4n) is 1.69. The van der Waals surface area contributed by atoms with Crippen LogP contribution in [0.5, 0.6) is 0 Å². The lowest BCUT2D eigenvalue weighted by molar-refractivity contribution is 0.0697. The van der Waals surface area contributed by atoms with Crippen molar-refractivity contribution in [3.8, 4) is 0 Å². The van der Waals surface area contributed by atoms with Crippen molar-refractivity contribution in [2.75, 3.05) is 0 Å². The molecule has 1 aliphatic rings. The van der Waals surface area contributed by atoms with Crippen molar-refractivity contribution in [2.45, 2.75) is 31.1 Å². The van der Waals surface area contributed by atoms with E-state index in [0.29, 0.717) is 5.02 Å². The van der Waals surface area contributed by atoms with Gasteiger partial charge in [-0.05, 0) is 37.5 Å². The Hall–Kier alpha value is -1.26. The van der Waals surface area contributed by atoms with Gasteiger partial charge in [0.25, 0.3) is 0 Å². The second-order valence-electron chi connectivity index (χ2n) is 4.12. The molecular weight excluding hydrogens is 289 g/mol. The predicted molar refractivity (Wildman–Crippen MR) is 75.7 cm³/mol. The summed E-state index contributed by atoms with van der Waals surface area (Å²) >= 11 is 11.3. The fourth-order valence-corrected chi connectivity index (χ4v) is 2.18. The third kappa shape index (κ3) is 5.49. The molecule has 104 valence electrons. The normalized spacial score (nSPS) is 20.5. The van der Waals surface area contributed by atoms with E-state index in [1.54, 1.807) is 12.1 Å². The van der Waals surface area contributed by atoms with Crippen LogP contribution in [0.3, 0.4) is 0 Å².